The lowest BCUT2D eigenvalue weighted by Gasteiger charge is -2.16. The summed E-state index contributed by atoms with van der Waals surface area (Å²) >= 11 is 1.18. The standard InChI is InChI=1S/C19H20N2O5S/c1-12-5-4-6-13(2)18(12)20-19(23)14(3)26-17(22)11-27-16-9-7-15(8-10-16)21(24)25/h4-10,14H,11H2,1-3H3,(H,20,23)/t14-/m0/s1. The summed E-state index contributed by atoms with van der Waals surface area (Å²) in [6.45, 7) is 5.29. The van der Waals surface area contributed by atoms with E-state index in [1.165, 1.54) is 30.8 Å². The van der Waals surface area contributed by atoms with Gasteiger partial charge < -0.3 is 10.1 Å². The van der Waals surface area contributed by atoms with Crippen LogP contribution in [0.2, 0.25) is 0 Å². The van der Waals surface area contributed by atoms with Crippen molar-refractivity contribution in [3.05, 3.63) is 63.7 Å². The zero-order valence-corrected chi connectivity index (χ0v) is 16.0. The molecule has 0 saturated carbocycles. The van der Waals surface area contributed by atoms with Crippen molar-refractivity contribution in [2.24, 2.45) is 0 Å². The molecule has 1 N–H and O–H groups in total. The number of nitro groups is 1. The fraction of sp³-hybridized carbons (Fsp3) is 0.263. The molecule has 0 radical (unpaired) electrons. The van der Waals surface area contributed by atoms with Crippen molar-refractivity contribution in [1.82, 2.24) is 0 Å². The molecule has 2 aromatic carbocycles. The van der Waals surface area contributed by atoms with Crippen LogP contribution in [0.15, 0.2) is 47.4 Å². The fourth-order valence-corrected chi connectivity index (χ4v) is 3.01. The number of rotatable bonds is 7. The highest BCUT2D eigenvalue weighted by molar-refractivity contribution is 8.00. The van der Waals surface area contributed by atoms with Crippen LogP contribution in [0.1, 0.15) is 18.1 Å². The number of carbonyl (C=O) groups is 2. The lowest BCUT2D eigenvalue weighted by molar-refractivity contribution is -0.384. The number of aryl methyl sites for hydroxylation is 2. The Bertz CT molecular complexity index is 831. The molecule has 2 rings (SSSR count). The molecule has 27 heavy (non-hydrogen) atoms. The van der Waals surface area contributed by atoms with Crippen LogP contribution in [0.5, 0.6) is 0 Å². The van der Waals surface area contributed by atoms with Gasteiger partial charge in [0.25, 0.3) is 11.6 Å². The van der Waals surface area contributed by atoms with E-state index >= 15 is 0 Å². The van der Waals surface area contributed by atoms with E-state index in [2.05, 4.69) is 5.32 Å². The van der Waals surface area contributed by atoms with Crippen molar-refractivity contribution in [2.45, 2.75) is 31.8 Å². The highest BCUT2D eigenvalue weighted by Crippen LogP contribution is 2.22. The van der Waals surface area contributed by atoms with Gasteiger partial charge >= 0.3 is 5.97 Å². The summed E-state index contributed by atoms with van der Waals surface area (Å²) in [5.41, 5.74) is 2.55. The monoisotopic (exact) mass is 388 g/mol. The Kier molecular flexibility index (Phi) is 6.95. The highest BCUT2D eigenvalue weighted by Gasteiger charge is 2.19. The number of nitrogens with one attached hydrogen (secondary N) is 1. The van der Waals surface area contributed by atoms with Gasteiger partial charge in [0.2, 0.25) is 0 Å². The minimum Gasteiger partial charge on any atom is -0.452 e. The maximum atomic E-state index is 12.3. The van der Waals surface area contributed by atoms with Gasteiger partial charge in [-0.1, -0.05) is 18.2 Å². The molecule has 0 heterocycles. The SMILES string of the molecule is Cc1cccc(C)c1NC(=O)[C@H](C)OC(=O)CSc1ccc([N+](=O)[O-])cc1. The molecule has 1 amide bonds. The van der Waals surface area contributed by atoms with Gasteiger partial charge in [-0.25, -0.2) is 0 Å². The third kappa shape index (κ3) is 5.82. The molecule has 1 atom stereocenters. The summed E-state index contributed by atoms with van der Waals surface area (Å²) in [5.74, 6) is -0.942. The van der Waals surface area contributed by atoms with Crippen LogP contribution in [-0.2, 0) is 14.3 Å². The summed E-state index contributed by atoms with van der Waals surface area (Å²) in [5, 5.41) is 13.4. The molecule has 0 saturated heterocycles. The molecule has 0 spiro atoms. The van der Waals surface area contributed by atoms with Gasteiger partial charge in [-0.15, -0.1) is 11.8 Å². The van der Waals surface area contributed by atoms with Crippen LogP contribution in [0.3, 0.4) is 0 Å². The minimum atomic E-state index is -0.936. The van der Waals surface area contributed by atoms with Gasteiger partial charge in [0.05, 0.1) is 10.7 Å². The van der Waals surface area contributed by atoms with E-state index in [9.17, 15) is 19.7 Å². The first-order valence-corrected chi connectivity index (χ1v) is 9.20. The molecule has 142 valence electrons. The Labute approximate surface area is 161 Å². The van der Waals surface area contributed by atoms with Crippen LogP contribution in [0, 0.1) is 24.0 Å². The molecule has 0 unspecified atom stereocenters. The van der Waals surface area contributed by atoms with Gasteiger partial charge in [0.1, 0.15) is 0 Å². The van der Waals surface area contributed by atoms with Crippen molar-refractivity contribution >= 4 is 35.0 Å². The van der Waals surface area contributed by atoms with Crippen molar-refractivity contribution in [3.63, 3.8) is 0 Å². The lowest BCUT2D eigenvalue weighted by atomic mass is 10.1. The fourth-order valence-electron chi connectivity index (χ4n) is 2.33. The van der Waals surface area contributed by atoms with E-state index in [1.807, 2.05) is 32.0 Å². The number of thioether (sulfide) groups is 1. The molecule has 0 aliphatic rings. The maximum absolute atomic E-state index is 12.3. The molecular weight excluding hydrogens is 368 g/mol. The number of non-ortho nitro benzene ring substituents is 1. The minimum absolute atomic E-state index is 0.00117. The molecule has 0 aliphatic carbocycles. The Balaban J connectivity index is 1.85. The van der Waals surface area contributed by atoms with Crippen LogP contribution in [-0.4, -0.2) is 28.7 Å². The molecule has 0 aliphatic heterocycles. The van der Waals surface area contributed by atoms with Crippen LogP contribution in [0.25, 0.3) is 0 Å². The number of para-hydroxylation sites is 1. The van der Waals surface area contributed by atoms with E-state index in [4.69, 9.17) is 4.74 Å². The molecule has 7 nitrogen and oxygen atoms in total. The number of ether oxygens (including phenoxy) is 1. The number of amides is 1. The second kappa shape index (κ2) is 9.18. The van der Waals surface area contributed by atoms with Crippen LogP contribution >= 0.6 is 11.8 Å². The number of benzene rings is 2. The molecule has 0 fully saturated rings. The van der Waals surface area contributed by atoms with Crippen molar-refractivity contribution in [1.29, 1.82) is 0 Å². The normalized spacial score (nSPS) is 11.5. The lowest BCUT2D eigenvalue weighted by Crippen LogP contribution is -2.31. The third-order valence-corrected chi connectivity index (χ3v) is 4.80. The van der Waals surface area contributed by atoms with E-state index in [1.54, 1.807) is 12.1 Å². The maximum Gasteiger partial charge on any atom is 0.317 e. The molecule has 8 heteroatoms. The van der Waals surface area contributed by atoms with Gasteiger partial charge in [-0.05, 0) is 44.0 Å². The van der Waals surface area contributed by atoms with Crippen LogP contribution < -0.4 is 5.32 Å². The predicted molar refractivity (Wildman–Crippen MR) is 104 cm³/mol. The summed E-state index contributed by atoms with van der Waals surface area (Å²) in [6, 6.07) is 11.5. The molecule has 0 bridgehead atoms. The number of nitrogens with zero attached hydrogens (tertiary/aromatic N) is 1. The predicted octanol–water partition coefficient (Wildman–Crippen LogP) is 3.87. The van der Waals surface area contributed by atoms with Gasteiger partial charge in [-0.2, -0.15) is 0 Å². The summed E-state index contributed by atoms with van der Waals surface area (Å²) in [4.78, 5) is 35.1. The zero-order chi connectivity index (χ0) is 20.0. The zero-order valence-electron chi connectivity index (χ0n) is 15.2. The second-order valence-electron chi connectivity index (χ2n) is 5.93. The summed E-state index contributed by atoms with van der Waals surface area (Å²) < 4.78 is 5.17. The van der Waals surface area contributed by atoms with E-state index in [0.717, 1.165) is 11.1 Å². The van der Waals surface area contributed by atoms with Crippen molar-refractivity contribution < 1.29 is 19.2 Å². The largest absolute Gasteiger partial charge is 0.452 e. The Hall–Kier alpha value is -2.87. The molecule has 0 aromatic heterocycles. The Morgan fingerprint density at radius 3 is 2.30 bits per heavy atom. The first-order chi connectivity index (χ1) is 12.8. The van der Waals surface area contributed by atoms with Gasteiger partial charge in [0.15, 0.2) is 6.10 Å². The summed E-state index contributed by atoms with van der Waals surface area (Å²) in [7, 11) is 0. The molecular formula is C19H20N2O5S. The van der Waals surface area contributed by atoms with Crippen molar-refractivity contribution in [3.8, 4) is 0 Å². The number of hydrogen-bond donors (Lipinski definition) is 1. The topological polar surface area (TPSA) is 98.5 Å². The summed E-state index contributed by atoms with van der Waals surface area (Å²) in [6.07, 6.45) is -0.936. The average molecular weight is 388 g/mol. The van der Waals surface area contributed by atoms with E-state index in [0.29, 0.717) is 10.6 Å². The molecule has 2 aromatic rings. The first-order valence-electron chi connectivity index (χ1n) is 8.21. The van der Waals surface area contributed by atoms with E-state index < -0.39 is 22.9 Å². The number of hydrogen-bond acceptors (Lipinski definition) is 6. The van der Waals surface area contributed by atoms with E-state index in [-0.39, 0.29) is 11.4 Å². The van der Waals surface area contributed by atoms with Crippen LogP contribution in [0.4, 0.5) is 11.4 Å². The highest BCUT2D eigenvalue weighted by atomic mass is 32.2. The van der Waals surface area contributed by atoms with Gasteiger partial charge in [-0.3, -0.25) is 19.7 Å². The average Bonchev–Trinajstić information content (AvgIpc) is 2.63. The third-order valence-electron chi connectivity index (χ3n) is 3.81. The number of anilines is 1. The smallest absolute Gasteiger partial charge is 0.317 e. The second-order valence-corrected chi connectivity index (χ2v) is 6.98. The number of esters is 1. The Morgan fingerprint density at radius 2 is 1.74 bits per heavy atom. The quantitative estimate of drug-likeness (QED) is 0.335. The Morgan fingerprint density at radius 1 is 1.15 bits per heavy atom. The van der Waals surface area contributed by atoms with Gasteiger partial charge in [0, 0.05) is 22.7 Å². The van der Waals surface area contributed by atoms with Crippen molar-refractivity contribution in [2.75, 3.05) is 11.1 Å². The number of nitro benzene ring substituents is 1. The first kappa shape index (κ1) is 20.4. The number of carbonyl (C=O) groups excluding carboxylic acids is 2.